The van der Waals surface area contributed by atoms with E-state index in [1.54, 1.807) is 11.8 Å². The van der Waals surface area contributed by atoms with Gasteiger partial charge in [-0.05, 0) is 50.2 Å². The van der Waals surface area contributed by atoms with Crippen LogP contribution in [0.4, 0.5) is 5.69 Å². The maximum Gasteiger partial charge on any atom is 0.102 e. The highest BCUT2D eigenvalue weighted by atomic mass is 32.2. The fraction of sp³-hybridized carbons (Fsp3) is 0.533. The van der Waals surface area contributed by atoms with E-state index in [0.29, 0.717) is 6.04 Å². The lowest BCUT2D eigenvalue weighted by molar-refractivity contribution is 0.637. The summed E-state index contributed by atoms with van der Waals surface area (Å²) in [5.41, 5.74) is 1.79. The number of hydrogen-bond donors (Lipinski definition) is 2. The van der Waals surface area contributed by atoms with Gasteiger partial charge >= 0.3 is 0 Å². The predicted molar refractivity (Wildman–Crippen MR) is 81.7 cm³/mol. The summed E-state index contributed by atoms with van der Waals surface area (Å²) in [6.07, 6.45) is 3.49. The van der Waals surface area contributed by atoms with Gasteiger partial charge in [-0.1, -0.05) is 13.0 Å². The summed E-state index contributed by atoms with van der Waals surface area (Å²) < 4.78 is 0. The Morgan fingerprint density at radius 2 is 2.32 bits per heavy atom. The van der Waals surface area contributed by atoms with Crippen LogP contribution in [-0.4, -0.2) is 24.9 Å². The molecule has 102 valence electrons. The second kappa shape index (κ2) is 7.42. The molecule has 1 aliphatic heterocycles. The van der Waals surface area contributed by atoms with E-state index in [2.05, 4.69) is 23.6 Å². The van der Waals surface area contributed by atoms with Gasteiger partial charge in [0.15, 0.2) is 0 Å². The van der Waals surface area contributed by atoms with Gasteiger partial charge in [0, 0.05) is 10.9 Å². The van der Waals surface area contributed by atoms with Crippen molar-refractivity contribution in [3.63, 3.8) is 0 Å². The average molecular weight is 275 g/mol. The van der Waals surface area contributed by atoms with Crippen molar-refractivity contribution < 1.29 is 0 Å². The van der Waals surface area contributed by atoms with Crippen LogP contribution in [0.2, 0.25) is 0 Å². The van der Waals surface area contributed by atoms with Crippen molar-refractivity contribution in [1.29, 1.82) is 5.26 Å². The van der Waals surface area contributed by atoms with Crippen molar-refractivity contribution in [1.82, 2.24) is 5.32 Å². The van der Waals surface area contributed by atoms with Crippen LogP contribution < -0.4 is 10.6 Å². The highest BCUT2D eigenvalue weighted by molar-refractivity contribution is 7.99. The molecular weight excluding hydrogens is 254 g/mol. The molecule has 2 N–H and O–H groups in total. The summed E-state index contributed by atoms with van der Waals surface area (Å²) in [6, 6.07) is 8.93. The van der Waals surface area contributed by atoms with Gasteiger partial charge in [-0.3, -0.25) is 0 Å². The second-order valence-electron chi connectivity index (χ2n) is 4.75. The standard InChI is InChI=1S/C15H21N3S/c1-2-19-15-7-3-6-14(13(15)11-16)18-12-5-4-9-17-10-8-12/h3,6-7,12,17-18H,2,4-5,8-10H2,1H3. The third kappa shape index (κ3) is 3.89. The minimum absolute atomic E-state index is 0.476. The van der Waals surface area contributed by atoms with Crippen LogP contribution in [0.1, 0.15) is 31.7 Å². The first-order chi connectivity index (χ1) is 9.35. The molecule has 0 spiro atoms. The third-order valence-corrected chi connectivity index (χ3v) is 4.31. The molecule has 1 fully saturated rings. The van der Waals surface area contributed by atoms with E-state index in [-0.39, 0.29) is 0 Å². The molecule has 1 aromatic rings. The maximum absolute atomic E-state index is 9.40. The molecule has 1 saturated heterocycles. The van der Waals surface area contributed by atoms with Gasteiger partial charge in [0.25, 0.3) is 0 Å². The monoisotopic (exact) mass is 275 g/mol. The third-order valence-electron chi connectivity index (χ3n) is 3.37. The highest BCUT2D eigenvalue weighted by Gasteiger charge is 2.14. The van der Waals surface area contributed by atoms with Crippen LogP contribution in [0.3, 0.4) is 0 Å². The Bertz CT molecular complexity index is 445. The molecule has 0 saturated carbocycles. The molecule has 1 heterocycles. The number of nitriles is 1. The van der Waals surface area contributed by atoms with Crippen LogP contribution in [0.5, 0.6) is 0 Å². The van der Waals surface area contributed by atoms with Crippen LogP contribution in [0.15, 0.2) is 23.1 Å². The maximum atomic E-state index is 9.40. The van der Waals surface area contributed by atoms with Gasteiger partial charge in [-0.15, -0.1) is 11.8 Å². The zero-order chi connectivity index (χ0) is 13.5. The van der Waals surface area contributed by atoms with Gasteiger partial charge in [0.1, 0.15) is 6.07 Å². The van der Waals surface area contributed by atoms with Gasteiger partial charge in [-0.2, -0.15) is 5.26 Å². The molecule has 0 bridgehead atoms. The van der Waals surface area contributed by atoms with E-state index in [1.807, 2.05) is 18.2 Å². The topological polar surface area (TPSA) is 47.8 Å². The van der Waals surface area contributed by atoms with Crippen molar-refractivity contribution >= 4 is 17.4 Å². The molecule has 1 aliphatic rings. The lowest BCUT2D eigenvalue weighted by Gasteiger charge is -2.19. The van der Waals surface area contributed by atoms with E-state index in [1.165, 1.54) is 12.8 Å². The Morgan fingerprint density at radius 3 is 3.11 bits per heavy atom. The zero-order valence-corrected chi connectivity index (χ0v) is 12.2. The minimum atomic E-state index is 0.476. The lowest BCUT2D eigenvalue weighted by atomic mass is 10.1. The highest BCUT2D eigenvalue weighted by Crippen LogP contribution is 2.28. The van der Waals surface area contributed by atoms with Gasteiger partial charge in [-0.25, -0.2) is 0 Å². The summed E-state index contributed by atoms with van der Waals surface area (Å²) in [5, 5.41) is 16.4. The Hall–Kier alpha value is -1.18. The lowest BCUT2D eigenvalue weighted by Crippen LogP contribution is -2.22. The van der Waals surface area contributed by atoms with E-state index >= 15 is 0 Å². The van der Waals surface area contributed by atoms with Crippen molar-refractivity contribution in [3.8, 4) is 6.07 Å². The zero-order valence-electron chi connectivity index (χ0n) is 11.4. The van der Waals surface area contributed by atoms with Crippen LogP contribution in [0, 0.1) is 11.3 Å². The Balaban J connectivity index is 2.14. The second-order valence-corrected chi connectivity index (χ2v) is 6.05. The molecule has 1 aromatic carbocycles. The number of nitrogens with one attached hydrogen (secondary N) is 2. The molecule has 4 heteroatoms. The van der Waals surface area contributed by atoms with E-state index in [0.717, 1.165) is 41.4 Å². The van der Waals surface area contributed by atoms with Crippen LogP contribution in [0.25, 0.3) is 0 Å². The quantitative estimate of drug-likeness (QED) is 0.828. The van der Waals surface area contributed by atoms with Crippen molar-refractivity contribution in [2.75, 3.05) is 24.2 Å². The molecule has 3 nitrogen and oxygen atoms in total. The Labute approximate surface area is 119 Å². The molecule has 1 atom stereocenters. The molecule has 0 aliphatic carbocycles. The van der Waals surface area contributed by atoms with Crippen LogP contribution in [-0.2, 0) is 0 Å². The van der Waals surface area contributed by atoms with Gasteiger partial charge < -0.3 is 10.6 Å². The number of thioether (sulfide) groups is 1. The molecule has 0 aromatic heterocycles. The minimum Gasteiger partial charge on any atom is -0.381 e. The largest absolute Gasteiger partial charge is 0.381 e. The molecule has 19 heavy (non-hydrogen) atoms. The molecule has 0 amide bonds. The summed E-state index contributed by atoms with van der Waals surface area (Å²) in [7, 11) is 0. The van der Waals surface area contributed by atoms with Crippen LogP contribution >= 0.6 is 11.8 Å². The number of hydrogen-bond acceptors (Lipinski definition) is 4. The summed E-state index contributed by atoms with van der Waals surface area (Å²) in [4.78, 5) is 1.08. The molecule has 1 unspecified atom stereocenters. The van der Waals surface area contributed by atoms with Gasteiger partial charge in [0.2, 0.25) is 0 Å². The van der Waals surface area contributed by atoms with Crippen molar-refractivity contribution in [3.05, 3.63) is 23.8 Å². The summed E-state index contributed by atoms with van der Waals surface area (Å²) >= 11 is 1.73. The summed E-state index contributed by atoms with van der Waals surface area (Å²) in [6.45, 7) is 4.28. The van der Waals surface area contributed by atoms with Gasteiger partial charge in [0.05, 0.1) is 11.3 Å². The number of rotatable bonds is 4. The van der Waals surface area contributed by atoms with Crippen molar-refractivity contribution in [2.24, 2.45) is 0 Å². The Morgan fingerprint density at radius 1 is 1.42 bits per heavy atom. The summed E-state index contributed by atoms with van der Waals surface area (Å²) in [5.74, 6) is 0.992. The van der Waals surface area contributed by atoms with Crippen molar-refractivity contribution in [2.45, 2.75) is 37.1 Å². The number of nitrogens with zero attached hydrogens (tertiary/aromatic N) is 1. The fourth-order valence-corrected chi connectivity index (χ4v) is 3.21. The average Bonchev–Trinajstić information content (AvgIpc) is 2.68. The van der Waals surface area contributed by atoms with E-state index < -0.39 is 0 Å². The molecular formula is C15H21N3S. The van der Waals surface area contributed by atoms with E-state index in [9.17, 15) is 5.26 Å². The van der Waals surface area contributed by atoms with E-state index in [4.69, 9.17) is 0 Å². The first kappa shape index (κ1) is 14.2. The SMILES string of the molecule is CCSc1cccc(NC2CCCNCC2)c1C#N. The normalized spacial score (nSPS) is 19.5. The predicted octanol–water partition coefficient (Wildman–Crippen LogP) is 3.22. The first-order valence-electron chi connectivity index (χ1n) is 6.98. The smallest absolute Gasteiger partial charge is 0.102 e. The fourth-order valence-electron chi connectivity index (χ4n) is 2.43. The molecule has 2 rings (SSSR count). The Kier molecular flexibility index (Phi) is 5.56. The first-order valence-corrected chi connectivity index (χ1v) is 7.97. The molecule has 0 radical (unpaired) electrons. The number of benzene rings is 1. The number of anilines is 1.